The van der Waals surface area contributed by atoms with Crippen molar-refractivity contribution < 1.29 is 4.79 Å². The van der Waals surface area contributed by atoms with Gasteiger partial charge in [0.1, 0.15) is 0 Å². The maximum absolute atomic E-state index is 12.2. The molecule has 0 unspecified atom stereocenters. The Hall–Kier alpha value is -1.51. The van der Waals surface area contributed by atoms with Crippen molar-refractivity contribution in [2.24, 2.45) is 5.41 Å². The van der Waals surface area contributed by atoms with Crippen LogP contribution in [-0.2, 0) is 4.79 Å². The van der Waals surface area contributed by atoms with Gasteiger partial charge in [-0.2, -0.15) is 0 Å². The lowest BCUT2D eigenvalue weighted by atomic mass is 9.92. The highest BCUT2D eigenvalue weighted by molar-refractivity contribution is 5.93. The summed E-state index contributed by atoms with van der Waals surface area (Å²) in [5.74, 6) is 0.0901. The lowest BCUT2D eigenvalue weighted by molar-refractivity contribution is -0.117. The summed E-state index contributed by atoms with van der Waals surface area (Å²) < 4.78 is 0. The minimum atomic E-state index is 0.00592. The van der Waals surface area contributed by atoms with Crippen molar-refractivity contribution in [3.05, 3.63) is 23.3 Å². The highest BCUT2D eigenvalue weighted by Crippen LogP contribution is 2.28. The molecule has 1 N–H and O–H groups in total. The summed E-state index contributed by atoms with van der Waals surface area (Å²) >= 11 is 0. The quantitative estimate of drug-likeness (QED) is 0.809. The van der Waals surface area contributed by atoms with E-state index in [-0.39, 0.29) is 11.3 Å². The van der Waals surface area contributed by atoms with Crippen molar-refractivity contribution >= 4 is 17.3 Å². The van der Waals surface area contributed by atoms with Gasteiger partial charge in [0.2, 0.25) is 5.91 Å². The second-order valence-electron chi connectivity index (χ2n) is 7.32. The third-order valence-electron chi connectivity index (χ3n) is 3.71. The predicted molar refractivity (Wildman–Crippen MR) is 96.8 cm³/mol. The topological polar surface area (TPSA) is 32.3 Å². The van der Waals surface area contributed by atoms with Crippen molar-refractivity contribution in [2.75, 3.05) is 23.3 Å². The number of hydrogen-bond donors (Lipinski definition) is 1. The van der Waals surface area contributed by atoms with Gasteiger partial charge in [-0.15, -0.1) is 0 Å². The zero-order valence-corrected chi connectivity index (χ0v) is 15.3. The highest BCUT2D eigenvalue weighted by atomic mass is 16.1. The fourth-order valence-corrected chi connectivity index (χ4v) is 2.73. The van der Waals surface area contributed by atoms with E-state index in [2.05, 4.69) is 70.8 Å². The van der Waals surface area contributed by atoms with Crippen LogP contribution in [0.3, 0.4) is 0 Å². The Morgan fingerprint density at radius 1 is 1.14 bits per heavy atom. The predicted octanol–water partition coefficient (Wildman–Crippen LogP) is 4.91. The molecule has 3 nitrogen and oxygen atoms in total. The van der Waals surface area contributed by atoms with E-state index < -0.39 is 0 Å². The molecule has 0 bridgehead atoms. The van der Waals surface area contributed by atoms with Crippen molar-refractivity contribution in [1.82, 2.24) is 0 Å². The summed E-state index contributed by atoms with van der Waals surface area (Å²) in [7, 11) is 0. The number of rotatable bonds is 6. The molecule has 1 aromatic rings. The summed E-state index contributed by atoms with van der Waals surface area (Å²) in [5.41, 5.74) is 4.48. The number of carbonyl (C=O) groups is 1. The normalized spacial score (nSPS) is 11.4. The Morgan fingerprint density at radius 2 is 1.68 bits per heavy atom. The van der Waals surface area contributed by atoms with Crippen LogP contribution >= 0.6 is 0 Å². The number of benzene rings is 1. The fourth-order valence-electron chi connectivity index (χ4n) is 2.73. The molecule has 0 aliphatic rings. The average Bonchev–Trinajstić information content (AvgIpc) is 2.38. The van der Waals surface area contributed by atoms with Gasteiger partial charge in [0, 0.05) is 30.9 Å². The first-order valence-corrected chi connectivity index (χ1v) is 8.34. The van der Waals surface area contributed by atoms with Gasteiger partial charge in [-0.25, -0.2) is 0 Å². The standard InChI is InChI=1S/C19H32N2O/c1-8-10-21(9-2)16-11-14(3)18(15(4)12-16)20-17(22)13-19(5,6)7/h11-12H,8-10,13H2,1-7H3,(H,20,22). The molecule has 0 atom stereocenters. The molecule has 0 saturated heterocycles. The molecule has 0 spiro atoms. The van der Waals surface area contributed by atoms with E-state index in [9.17, 15) is 4.79 Å². The van der Waals surface area contributed by atoms with Gasteiger partial charge < -0.3 is 10.2 Å². The van der Waals surface area contributed by atoms with Crippen LogP contribution in [0.4, 0.5) is 11.4 Å². The van der Waals surface area contributed by atoms with Crippen LogP contribution in [-0.4, -0.2) is 19.0 Å². The smallest absolute Gasteiger partial charge is 0.224 e. The maximum atomic E-state index is 12.2. The number of carbonyl (C=O) groups excluding carboxylic acids is 1. The minimum absolute atomic E-state index is 0.00592. The molecule has 124 valence electrons. The molecule has 1 aromatic carbocycles. The van der Waals surface area contributed by atoms with Crippen LogP contribution in [0.25, 0.3) is 0 Å². The number of aryl methyl sites for hydroxylation is 2. The molecule has 0 fully saturated rings. The number of nitrogens with one attached hydrogen (secondary N) is 1. The second-order valence-corrected chi connectivity index (χ2v) is 7.32. The second kappa shape index (κ2) is 7.66. The lowest BCUT2D eigenvalue weighted by Gasteiger charge is -2.25. The summed E-state index contributed by atoms with van der Waals surface area (Å²) in [4.78, 5) is 14.6. The van der Waals surface area contributed by atoms with Gasteiger partial charge in [-0.05, 0) is 55.9 Å². The average molecular weight is 304 g/mol. The van der Waals surface area contributed by atoms with E-state index in [1.807, 2.05) is 0 Å². The Morgan fingerprint density at radius 3 is 2.09 bits per heavy atom. The van der Waals surface area contributed by atoms with Crippen LogP contribution < -0.4 is 10.2 Å². The van der Waals surface area contributed by atoms with Crippen LogP contribution in [0.2, 0.25) is 0 Å². The van der Waals surface area contributed by atoms with Crippen LogP contribution in [0, 0.1) is 19.3 Å². The van der Waals surface area contributed by atoms with Gasteiger partial charge in [0.15, 0.2) is 0 Å². The number of nitrogens with zero attached hydrogens (tertiary/aromatic N) is 1. The van der Waals surface area contributed by atoms with E-state index in [1.165, 1.54) is 5.69 Å². The van der Waals surface area contributed by atoms with E-state index in [0.29, 0.717) is 6.42 Å². The fraction of sp³-hybridized carbons (Fsp3) is 0.632. The van der Waals surface area contributed by atoms with Crippen molar-refractivity contribution in [3.63, 3.8) is 0 Å². The van der Waals surface area contributed by atoms with Crippen LogP contribution in [0.5, 0.6) is 0 Å². The molecule has 1 rings (SSSR count). The first-order chi connectivity index (χ1) is 10.2. The third kappa shape index (κ3) is 5.36. The number of amides is 1. The zero-order valence-electron chi connectivity index (χ0n) is 15.3. The molecule has 3 heteroatoms. The molecule has 0 heterocycles. The first-order valence-electron chi connectivity index (χ1n) is 8.34. The highest BCUT2D eigenvalue weighted by Gasteiger charge is 2.17. The first kappa shape index (κ1) is 18.5. The summed E-state index contributed by atoms with van der Waals surface area (Å²) in [6, 6.07) is 4.36. The van der Waals surface area contributed by atoms with Crippen molar-refractivity contribution in [2.45, 2.75) is 61.3 Å². The largest absolute Gasteiger partial charge is 0.372 e. The Bertz CT molecular complexity index is 492. The lowest BCUT2D eigenvalue weighted by Crippen LogP contribution is -2.24. The Labute approximate surface area is 136 Å². The van der Waals surface area contributed by atoms with Gasteiger partial charge >= 0.3 is 0 Å². The molecule has 1 amide bonds. The number of anilines is 2. The molecular formula is C19H32N2O. The molecule has 0 saturated carbocycles. The van der Waals surface area contributed by atoms with Gasteiger partial charge in [0.25, 0.3) is 0 Å². The van der Waals surface area contributed by atoms with Crippen molar-refractivity contribution in [1.29, 1.82) is 0 Å². The molecule has 0 radical (unpaired) electrons. The minimum Gasteiger partial charge on any atom is -0.372 e. The van der Waals surface area contributed by atoms with Crippen LogP contribution in [0.15, 0.2) is 12.1 Å². The van der Waals surface area contributed by atoms with Crippen molar-refractivity contribution in [3.8, 4) is 0 Å². The maximum Gasteiger partial charge on any atom is 0.224 e. The van der Waals surface area contributed by atoms with E-state index in [0.717, 1.165) is 36.3 Å². The summed E-state index contributed by atoms with van der Waals surface area (Å²) in [5, 5.41) is 3.09. The Kier molecular flexibility index (Phi) is 6.46. The third-order valence-corrected chi connectivity index (χ3v) is 3.71. The van der Waals surface area contributed by atoms with E-state index >= 15 is 0 Å². The molecular weight excluding hydrogens is 272 g/mol. The molecule has 22 heavy (non-hydrogen) atoms. The molecule has 0 aliphatic carbocycles. The molecule has 0 aromatic heterocycles. The van der Waals surface area contributed by atoms with E-state index in [4.69, 9.17) is 0 Å². The van der Waals surface area contributed by atoms with Gasteiger partial charge in [0.05, 0.1) is 0 Å². The Balaban J connectivity index is 2.97. The number of hydrogen-bond acceptors (Lipinski definition) is 2. The zero-order chi connectivity index (χ0) is 16.9. The SMILES string of the molecule is CCCN(CC)c1cc(C)c(NC(=O)CC(C)(C)C)c(C)c1. The summed E-state index contributed by atoms with van der Waals surface area (Å²) in [6.45, 7) is 16.8. The van der Waals surface area contributed by atoms with E-state index in [1.54, 1.807) is 0 Å². The monoisotopic (exact) mass is 304 g/mol. The summed E-state index contributed by atoms with van der Waals surface area (Å²) in [6.07, 6.45) is 1.67. The van der Waals surface area contributed by atoms with Gasteiger partial charge in [-0.1, -0.05) is 27.7 Å². The van der Waals surface area contributed by atoms with Crippen LogP contribution in [0.1, 0.15) is 58.6 Å². The van der Waals surface area contributed by atoms with Gasteiger partial charge in [-0.3, -0.25) is 4.79 Å². The molecule has 0 aliphatic heterocycles.